The Labute approximate surface area is 85.6 Å². The van der Waals surface area contributed by atoms with E-state index in [0.717, 1.165) is 26.1 Å². The summed E-state index contributed by atoms with van der Waals surface area (Å²) in [5.74, 6) is 0.415. The van der Waals surface area contributed by atoms with Crippen LogP contribution in [0.3, 0.4) is 0 Å². The van der Waals surface area contributed by atoms with Crippen molar-refractivity contribution in [2.24, 2.45) is 5.92 Å². The van der Waals surface area contributed by atoms with E-state index in [-0.39, 0.29) is 0 Å². The zero-order valence-electron chi connectivity index (χ0n) is 8.69. The molecule has 1 N–H and O–H groups in total. The average molecular weight is 222 g/mol. The van der Waals surface area contributed by atoms with Crippen LogP contribution in [0.25, 0.3) is 0 Å². The first-order valence-corrected chi connectivity index (χ1v) is 6.21. The van der Waals surface area contributed by atoms with Gasteiger partial charge in [-0.1, -0.05) is 0 Å². The van der Waals surface area contributed by atoms with Crippen LogP contribution in [0.4, 0.5) is 0 Å². The van der Waals surface area contributed by atoms with Gasteiger partial charge in [-0.05, 0) is 18.8 Å². The summed E-state index contributed by atoms with van der Waals surface area (Å²) in [5, 5.41) is 0. The van der Waals surface area contributed by atoms with Crippen LogP contribution in [0.5, 0.6) is 0 Å². The van der Waals surface area contributed by atoms with Crippen molar-refractivity contribution in [3.05, 3.63) is 0 Å². The summed E-state index contributed by atoms with van der Waals surface area (Å²) in [6, 6.07) is 0. The average Bonchev–Trinajstić information content (AvgIpc) is 2.16. The van der Waals surface area contributed by atoms with Gasteiger partial charge in [0.15, 0.2) is 0 Å². The van der Waals surface area contributed by atoms with Gasteiger partial charge in [-0.15, -0.1) is 0 Å². The molecule has 0 bridgehead atoms. The molecular weight excluding hydrogens is 204 g/mol. The van der Waals surface area contributed by atoms with Crippen molar-refractivity contribution >= 4 is 10.2 Å². The maximum atomic E-state index is 11.4. The molecule has 1 rings (SSSR count). The summed E-state index contributed by atoms with van der Waals surface area (Å²) in [6.45, 7) is 2.01. The maximum absolute atomic E-state index is 11.4. The second-order valence-electron chi connectivity index (χ2n) is 3.69. The molecule has 0 spiro atoms. The Kier molecular flexibility index (Phi) is 4.31. The second-order valence-corrected chi connectivity index (χ2v) is 5.66. The minimum Gasteiger partial charge on any atom is -0.381 e. The lowest BCUT2D eigenvalue weighted by atomic mass is 10.0. The molecule has 0 saturated carbocycles. The standard InChI is InChI=1S/C8H18N2O3S/c1-10(2)14(11,12)9-7-8-3-5-13-6-4-8/h8-9H,3-7H2,1-2H3. The number of hydrogen-bond donors (Lipinski definition) is 1. The molecule has 1 heterocycles. The predicted octanol–water partition coefficient (Wildman–Crippen LogP) is -0.191. The lowest BCUT2D eigenvalue weighted by Crippen LogP contribution is -2.39. The molecule has 0 amide bonds. The van der Waals surface area contributed by atoms with Crippen LogP contribution in [-0.4, -0.2) is 46.6 Å². The van der Waals surface area contributed by atoms with Crippen molar-refractivity contribution in [2.75, 3.05) is 33.9 Å². The van der Waals surface area contributed by atoms with Crippen LogP contribution in [0.15, 0.2) is 0 Å². The molecule has 84 valence electrons. The van der Waals surface area contributed by atoms with Crippen molar-refractivity contribution in [1.82, 2.24) is 9.03 Å². The van der Waals surface area contributed by atoms with Gasteiger partial charge in [-0.2, -0.15) is 12.7 Å². The van der Waals surface area contributed by atoms with E-state index in [2.05, 4.69) is 4.72 Å². The largest absolute Gasteiger partial charge is 0.381 e. The highest BCUT2D eigenvalue weighted by atomic mass is 32.2. The van der Waals surface area contributed by atoms with E-state index >= 15 is 0 Å². The summed E-state index contributed by atoms with van der Waals surface area (Å²) in [6.07, 6.45) is 1.88. The molecule has 0 aliphatic carbocycles. The van der Waals surface area contributed by atoms with Gasteiger partial charge in [0, 0.05) is 33.9 Å². The Morgan fingerprint density at radius 1 is 1.36 bits per heavy atom. The van der Waals surface area contributed by atoms with E-state index in [0.29, 0.717) is 12.5 Å². The number of hydrogen-bond acceptors (Lipinski definition) is 3. The molecule has 0 aromatic heterocycles. The molecule has 1 aliphatic rings. The fourth-order valence-electron chi connectivity index (χ4n) is 1.30. The van der Waals surface area contributed by atoms with Crippen molar-refractivity contribution in [3.8, 4) is 0 Å². The number of nitrogens with one attached hydrogen (secondary N) is 1. The van der Waals surface area contributed by atoms with Crippen molar-refractivity contribution in [3.63, 3.8) is 0 Å². The fourth-order valence-corrected chi connectivity index (χ4v) is 2.01. The minimum atomic E-state index is -3.26. The first-order valence-electron chi connectivity index (χ1n) is 4.77. The highest BCUT2D eigenvalue weighted by Crippen LogP contribution is 2.13. The molecule has 0 atom stereocenters. The van der Waals surface area contributed by atoms with Gasteiger partial charge >= 0.3 is 0 Å². The zero-order valence-corrected chi connectivity index (χ0v) is 9.51. The van der Waals surface area contributed by atoms with Crippen LogP contribution in [0.2, 0.25) is 0 Å². The van der Waals surface area contributed by atoms with Gasteiger partial charge < -0.3 is 4.74 Å². The van der Waals surface area contributed by atoms with Gasteiger partial charge in [0.05, 0.1) is 0 Å². The van der Waals surface area contributed by atoms with Crippen molar-refractivity contribution in [2.45, 2.75) is 12.8 Å². The molecular formula is C8H18N2O3S. The summed E-state index contributed by atoms with van der Waals surface area (Å²) in [4.78, 5) is 0. The van der Waals surface area contributed by atoms with Crippen LogP contribution in [0.1, 0.15) is 12.8 Å². The molecule has 0 unspecified atom stereocenters. The Bertz CT molecular complexity index is 258. The van der Waals surface area contributed by atoms with Gasteiger partial charge in [-0.25, -0.2) is 4.72 Å². The number of rotatable bonds is 4. The summed E-state index contributed by atoms with van der Waals surface area (Å²) < 4.78 is 31.7. The Morgan fingerprint density at radius 2 is 1.93 bits per heavy atom. The monoisotopic (exact) mass is 222 g/mol. The van der Waals surface area contributed by atoms with Crippen LogP contribution >= 0.6 is 0 Å². The smallest absolute Gasteiger partial charge is 0.278 e. The van der Waals surface area contributed by atoms with E-state index in [1.807, 2.05) is 0 Å². The van der Waals surface area contributed by atoms with Crippen LogP contribution < -0.4 is 4.72 Å². The molecule has 14 heavy (non-hydrogen) atoms. The SMILES string of the molecule is CN(C)S(=O)(=O)NCC1CCOCC1. The first-order chi connectivity index (χ1) is 6.52. The maximum Gasteiger partial charge on any atom is 0.278 e. The zero-order chi connectivity index (χ0) is 10.6. The lowest BCUT2D eigenvalue weighted by molar-refractivity contribution is 0.0677. The van der Waals surface area contributed by atoms with Crippen LogP contribution in [-0.2, 0) is 14.9 Å². The molecule has 6 heteroatoms. The van der Waals surface area contributed by atoms with E-state index < -0.39 is 10.2 Å². The minimum absolute atomic E-state index is 0.415. The van der Waals surface area contributed by atoms with Crippen molar-refractivity contribution in [1.29, 1.82) is 0 Å². The summed E-state index contributed by atoms with van der Waals surface area (Å²) in [5.41, 5.74) is 0. The topological polar surface area (TPSA) is 58.6 Å². The highest BCUT2D eigenvalue weighted by molar-refractivity contribution is 7.87. The lowest BCUT2D eigenvalue weighted by Gasteiger charge is -2.23. The Balaban J connectivity index is 2.32. The van der Waals surface area contributed by atoms with E-state index in [1.54, 1.807) is 0 Å². The molecule has 1 aliphatic heterocycles. The fraction of sp³-hybridized carbons (Fsp3) is 1.00. The van der Waals surface area contributed by atoms with Crippen LogP contribution in [0, 0.1) is 5.92 Å². The van der Waals surface area contributed by atoms with E-state index in [4.69, 9.17) is 4.74 Å². The van der Waals surface area contributed by atoms with Gasteiger partial charge in [0.2, 0.25) is 0 Å². The predicted molar refractivity (Wildman–Crippen MR) is 54.2 cm³/mol. The Morgan fingerprint density at radius 3 is 2.43 bits per heavy atom. The molecule has 0 aromatic carbocycles. The second kappa shape index (κ2) is 5.06. The van der Waals surface area contributed by atoms with Gasteiger partial charge in [0.1, 0.15) is 0 Å². The van der Waals surface area contributed by atoms with Gasteiger partial charge in [0.25, 0.3) is 10.2 Å². The van der Waals surface area contributed by atoms with Crippen molar-refractivity contribution < 1.29 is 13.2 Å². The number of ether oxygens (including phenoxy) is 1. The third-order valence-electron chi connectivity index (χ3n) is 2.38. The first kappa shape index (κ1) is 11.9. The molecule has 1 saturated heterocycles. The normalized spacial score (nSPS) is 20.2. The number of nitrogens with zero attached hydrogens (tertiary/aromatic N) is 1. The van der Waals surface area contributed by atoms with E-state index in [9.17, 15) is 8.42 Å². The highest BCUT2D eigenvalue weighted by Gasteiger charge is 2.18. The van der Waals surface area contributed by atoms with E-state index in [1.165, 1.54) is 18.4 Å². The quantitative estimate of drug-likeness (QED) is 0.717. The Hall–Kier alpha value is -0.170. The van der Waals surface area contributed by atoms with Gasteiger partial charge in [-0.3, -0.25) is 0 Å². The summed E-state index contributed by atoms with van der Waals surface area (Å²) in [7, 11) is -0.215. The third kappa shape index (κ3) is 3.53. The molecule has 0 radical (unpaired) electrons. The molecule has 1 fully saturated rings. The molecule has 5 nitrogen and oxygen atoms in total. The summed E-state index contributed by atoms with van der Waals surface area (Å²) >= 11 is 0. The molecule has 0 aromatic rings. The third-order valence-corrected chi connectivity index (χ3v) is 3.87.